The molecule has 0 aliphatic heterocycles. The molecule has 4 nitrogen and oxygen atoms in total. The van der Waals surface area contributed by atoms with Crippen LogP contribution in [0.25, 0.3) is 0 Å². The average Bonchev–Trinajstić information content (AvgIpc) is 2.59. The van der Waals surface area contributed by atoms with E-state index in [1.165, 1.54) is 0 Å². The molecule has 0 aliphatic carbocycles. The van der Waals surface area contributed by atoms with Gasteiger partial charge in [-0.15, -0.1) is 0 Å². The average molecular weight is 192 g/mol. The van der Waals surface area contributed by atoms with E-state index < -0.39 is 0 Å². The molecule has 14 heavy (non-hydrogen) atoms. The molecule has 76 valence electrons. The molecule has 0 aliphatic rings. The highest BCUT2D eigenvalue weighted by Crippen LogP contribution is 1.98. The largest absolute Gasteiger partial charge is 0.310 e. The number of hydrogen-bond donors (Lipinski definition) is 1. The van der Waals surface area contributed by atoms with Crippen molar-refractivity contribution in [2.45, 2.75) is 39.4 Å². The van der Waals surface area contributed by atoms with Gasteiger partial charge in [0, 0.05) is 24.3 Å². The standard InChI is InChI=1S/C10H16N4/c1-9(2)12-6-10-7-13-14(8-10)5-3-4-11/h7-9,12H,3,5-6H2,1-2H3. The van der Waals surface area contributed by atoms with Gasteiger partial charge in [0.2, 0.25) is 0 Å². The number of hydrogen-bond acceptors (Lipinski definition) is 3. The van der Waals surface area contributed by atoms with Crippen LogP contribution in [-0.4, -0.2) is 15.8 Å². The second-order valence-corrected chi connectivity index (χ2v) is 3.56. The Hall–Kier alpha value is -1.34. The molecule has 0 atom stereocenters. The first kappa shape index (κ1) is 10.7. The highest BCUT2D eigenvalue weighted by molar-refractivity contribution is 5.03. The highest BCUT2D eigenvalue weighted by atomic mass is 15.3. The Balaban J connectivity index is 2.39. The van der Waals surface area contributed by atoms with Crippen LogP contribution in [0, 0.1) is 11.3 Å². The van der Waals surface area contributed by atoms with Gasteiger partial charge in [0.05, 0.1) is 25.2 Å². The topological polar surface area (TPSA) is 53.6 Å². The summed E-state index contributed by atoms with van der Waals surface area (Å²) in [5, 5.41) is 15.9. The summed E-state index contributed by atoms with van der Waals surface area (Å²) >= 11 is 0. The first-order chi connectivity index (χ1) is 6.72. The minimum atomic E-state index is 0.484. The lowest BCUT2D eigenvalue weighted by Crippen LogP contribution is -2.21. The fourth-order valence-corrected chi connectivity index (χ4v) is 1.11. The van der Waals surface area contributed by atoms with Gasteiger partial charge in [-0.3, -0.25) is 4.68 Å². The van der Waals surface area contributed by atoms with Crippen LogP contribution >= 0.6 is 0 Å². The SMILES string of the molecule is CC(C)NCc1cnn(CCC#N)c1. The maximum Gasteiger partial charge on any atom is 0.0641 e. The lowest BCUT2D eigenvalue weighted by molar-refractivity contribution is 0.586. The van der Waals surface area contributed by atoms with Crippen molar-refractivity contribution in [2.24, 2.45) is 0 Å². The Morgan fingerprint density at radius 2 is 2.43 bits per heavy atom. The molecule has 1 heterocycles. The minimum absolute atomic E-state index is 0.484. The molecule has 4 heteroatoms. The van der Waals surface area contributed by atoms with Crippen LogP contribution in [0.1, 0.15) is 25.8 Å². The monoisotopic (exact) mass is 192 g/mol. The molecule has 0 radical (unpaired) electrons. The van der Waals surface area contributed by atoms with Crippen molar-refractivity contribution < 1.29 is 0 Å². The Morgan fingerprint density at radius 1 is 1.64 bits per heavy atom. The summed E-state index contributed by atoms with van der Waals surface area (Å²) in [6.07, 6.45) is 4.33. The van der Waals surface area contributed by atoms with E-state index in [4.69, 9.17) is 5.26 Å². The summed E-state index contributed by atoms with van der Waals surface area (Å²) in [6, 6.07) is 2.58. The summed E-state index contributed by atoms with van der Waals surface area (Å²) < 4.78 is 1.81. The number of rotatable bonds is 5. The number of nitrogens with zero attached hydrogens (tertiary/aromatic N) is 3. The molecule has 0 spiro atoms. The van der Waals surface area contributed by atoms with E-state index in [0.717, 1.165) is 12.1 Å². The van der Waals surface area contributed by atoms with Crippen molar-refractivity contribution in [3.63, 3.8) is 0 Å². The van der Waals surface area contributed by atoms with E-state index in [1.54, 1.807) is 4.68 Å². The summed E-state index contributed by atoms with van der Waals surface area (Å²) in [5.74, 6) is 0. The maximum atomic E-state index is 8.41. The third-order valence-corrected chi connectivity index (χ3v) is 1.85. The zero-order valence-corrected chi connectivity index (χ0v) is 8.70. The molecule has 1 aromatic rings. The van der Waals surface area contributed by atoms with Crippen molar-refractivity contribution >= 4 is 0 Å². The molecule has 0 unspecified atom stereocenters. The quantitative estimate of drug-likeness (QED) is 0.765. The second kappa shape index (κ2) is 5.40. The van der Waals surface area contributed by atoms with Crippen molar-refractivity contribution in [3.8, 4) is 6.07 Å². The van der Waals surface area contributed by atoms with Gasteiger partial charge in [-0.25, -0.2) is 0 Å². The van der Waals surface area contributed by atoms with Crippen molar-refractivity contribution in [3.05, 3.63) is 18.0 Å². The van der Waals surface area contributed by atoms with E-state index >= 15 is 0 Å². The van der Waals surface area contributed by atoms with Gasteiger partial charge in [0.15, 0.2) is 0 Å². The van der Waals surface area contributed by atoms with E-state index in [0.29, 0.717) is 19.0 Å². The third-order valence-electron chi connectivity index (χ3n) is 1.85. The Labute approximate surface area is 84.5 Å². The minimum Gasteiger partial charge on any atom is -0.310 e. The zero-order valence-electron chi connectivity index (χ0n) is 8.70. The molecule has 1 aromatic heterocycles. The van der Waals surface area contributed by atoms with Crippen molar-refractivity contribution in [1.82, 2.24) is 15.1 Å². The van der Waals surface area contributed by atoms with Crippen LogP contribution in [0.15, 0.2) is 12.4 Å². The van der Waals surface area contributed by atoms with Crippen LogP contribution in [0.3, 0.4) is 0 Å². The van der Waals surface area contributed by atoms with E-state index in [1.807, 2.05) is 12.4 Å². The number of nitrogens with one attached hydrogen (secondary N) is 1. The lowest BCUT2D eigenvalue weighted by atomic mass is 10.3. The summed E-state index contributed by atoms with van der Waals surface area (Å²) in [6.45, 7) is 5.74. The van der Waals surface area contributed by atoms with Crippen LogP contribution in [0.5, 0.6) is 0 Å². The molecule has 0 amide bonds. The molecular formula is C10H16N4. The first-order valence-corrected chi connectivity index (χ1v) is 4.84. The number of nitriles is 1. The fourth-order valence-electron chi connectivity index (χ4n) is 1.11. The maximum absolute atomic E-state index is 8.41. The molecule has 1 N–H and O–H groups in total. The normalized spacial score (nSPS) is 10.4. The van der Waals surface area contributed by atoms with Crippen LogP contribution in [-0.2, 0) is 13.1 Å². The third kappa shape index (κ3) is 3.58. The van der Waals surface area contributed by atoms with E-state index in [-0.39, 0.29) is 0 Å². The molecule has 1 rings (SSSR count). The second-order valence-electron chi connectivity index (χ2n) is 3.56. The number of aryl methyl sites for hydroxylation is 1. The van der Waals surface area contributed by atoms with Crippen LogP contribution in [0.2, 0.25) is 0 Å². The Morgan fingerprint density at radius 3 is 3.07 bits per heavy atom. The van der Waals surface area contributed by atoms with Gasteiger partial charge in [0.1, 0.15) is 0 Å². The molecular weight excluding hydrogens is 176 g/mol. The van der Waals surface area contributed by atoms with Gasteiger partial charge in [-0.2, -0.15) is 10.4 Å². The van der Waals surface area contributed by atoms with Gasteiger partial charge in [-0.1, -0.05) is 13.8 Å². The smallest absolute Gasteiger partial charge is 0.0641 e. The summed E-state index contributed by atoms with van der Waals surface area (Å²) in [4.78, 5) is 0. The van der Waals surface area contributed by atoms with Crippen molar-refractivity contribution in [1.29, 1.82) is 5.26 Å². The summed E-state index contributed by atoms with van der Waals surface area (Å²) in [7, 11) is 0. The van der Waals surface area contributed by atoms with Crippen LogP contribution in [0.4, 0.5) is 0 Å². The highest BCUT2D eigenvalue weighted by Gasteiger charge is 1.98. The molecule has 0 bridgehead atoms. The predicted octanol–water partition coefficient (Wildman–Crippen LogP) is 1.29. The summed E-state index contributed by atoms with van der Waals surface area (Å²) in [5.41, 5.74) is 1.16. The Bertz CT molecular complexity index is 308. The first-order valence-electron chi connectivity index (χ1n) is 4.84. The molecule has 0 fully saturated rings. The molecule has 0 saturated heterocycles. The Kier molecular flexibility index (Phi) is 4.14. The van der Waals surface area contributed by atoms with Gasteiger partial charge in [-0.05, 0) is 0 Å². The zero-order chi connectivity index (χ0) is 10.4. The number of aromatic nitrogens is 2. The van der Waals surface area contributed by atoms with E-state index in [9.17, 15) is 0 Å². The van der Waals surface area contributed by atoms with Crippen LogP contribution < -0.4 is 5.32 Å². The van der Waals surface area contributed by atoms with Gasteiger partial charge in [0.25, 0.3) is 0 Å². The molecule has 0 aromatic carbocycles. The van der Waals surface area contributed by atoms with Crippen molar-refractivity contribution in [2.75, 3.05) is 0 Å². The predicted molar refractivity (Wildman–Crippen MR) is 54.4 cm³/mol. The van der Waals surface area contributed by atoms with E-state index in [2.05, 4.69) is 30.3 Å². The lowest BCUT2D eigenvalue weighted by Gasteiger charge is -2.04. The molecule has 0 saturated carbocycles. The van der Waals surface area contributed by atoms with Gasteiger partial charge >= 0.3 is 0 Å². The van der Waals surface area contributed by atoms with Gasteiger partial charge < -0.3 is 5.32 Å². The fraction of sp³-hybridized carbons (Fsp3) is 0.600.